The first-order chi connectivity index (χ1) is 17.2. The molecule has 4 aromatic rings. The monoisotopic (exact) mass is 509 g/mol. The Kier molecular flexibility index (Phi) is 7.40. The average Bonchev–Trinajstić information content (AvgIpc) is 3.37. The highest BCUT2D eigenvalue weighted by Gasteiger charge is 2.22. The molecule has 0 aliphatic heterocycles. The Morgan fingerprint density at radius 2 is 1.67 bits per heavy atom. The predicted octanol–water partition coefficient (Wildman–Crippen LogP) is 5.35. The molecule has 9 heteroatoms. The van der Waals surface area contributed by atoms with Gasteiger partial charge in [-0.2, -0.15) is 8.42 Å². The van der Waals surface area contributed by atoms with Gasteiger partial charge in [0.15, 0.2) is 11.5 Å². The number of amides is 1. The zero-order chi connectivity index (χ0) is 25.7. The molecule has 0 saturated carbocycles. The molecule has 0 aliphatic rings. The molecular weight excluding hydrogens is 485 g/mol. The molecule has 7 nitrogen and oxygen atoms in total. The van der Waals surface area contributed by atoms with Crippen LogP contribution in [-0.4, -0.2) is 26.3 Å². The van der Waals surface area contributed by atoms with E-state index in [1.807, 2.05) is 19.1 Å². The van der Waals surface area contributed by atoms with Gasteiger partial charge in [0.1, 0.15) is 16.5 Å². The molecule has 0 unspecified atom stereocenters. The number of aryl methyl sites for hydroxylation is 1. The summed E-state index contributed by atoms with van der Waals surface area (Å²) < 4.78 is 54.8. The number of methoxy groups -OCH3 is 1. The van der Waals surface area contributed by atoms with Gasteiger partial charge < -0.3 is 18.2 Å². The third-order valence-corrected chi connectivity index (χ3v) is 6.66. The van der Waals surface area contributed by atoms with E-state index in [1.54, 1.807) is 41.3 Å². The number of halogens is 1. The number of hydrogen-bond donors (Lipinski definition) is 0. The molecule has 0 bridgehead atoms. The maximum Gasteiger partial charge on any atom is 0.339 e. The van der Waals surface area contributed by atoms with Gasteiger partial charge in [0, 0.05) is 12.1 Å². The second-order valence-electron chi connectivity index (χ2n) is 8.08. The van der Waals surface area contributed by atoms with E-state index >= 15 is 0 Å². The minimum absolute atomic E-state index is 0.0555. The van der Waals surface area contributed by atoms with Crippen LogP contribution in [0.5, 0.6) is 11.5 Å². The molecule has 1 heterocycles. The van der Waals surface area contributed by atoms with Crippen molar-refractivity contribution >= 4 is 16.0 Å². The third-order valence-electron chi connectivity index (χ3n) is 5.42. The Bertz CT molecular complexity index is 1430. The van der Waals surface area contributed by atoms with Crippen LogP contribution in [0.25, 0.3) is 0 Å². The van der Waals surface area contributed by atoms with Crippen LogP contribution >= 0.6 is 0 Å². The Balaban J connectivity index is 1.63. The fraction of sp³-hybridized carbons (Fsp3) is 0.148. The highest BCUT2D eigenvalue weighted by Crippen LogP contribution is 2.32. The van der Waals surface area contributed by atoms with Crippen molar-refractivity contribution < 1.29 is 30.9 Å². The lowest BCUT2D eigenvalue weighted by Crippen LogP contribution is -2.30. The normalized spacial score (nSPS) is 11.2. The van der Waals surface area contributed by atoms with Gasteiger partial charge in [-0.1, -0.05) is 23.8 Å². The first kappa shape index (κ1) is 25.0. The van der Waals surface area contributed by atoms with Crippen LogP contribution in [-0.2, 0) is 23.2 Å². The fourth-order valence-corrected chi connectivity index (χ4v) is 4.47. The zero-order valence-electron chi connectivity index (χ0n) is 19.7. The lowest BCUT2D eigenvalue weighted by Gasteiger charge is -2.23. The molecule has 0 atom stereocenters. The van der Waals surface area contributed by atoms with Gasteiger partial charge in [0.25, 0.3) is 5.91 Å². The Morgan fingerprint density at radius 3 is 2.31 bits per heavy atom. The van der Waals surface area contributed by atoms with Crippen LogP contribution in [0.4, 0.5) is 4.39 Å². The Morgan fingerprint density at radius 1 is 0.944 bits per heavy atom. The lowest BCUT2D eigenvalue weighted by atomic mass is 10.1. The third kappa shape index (κ3) is 5.92. The Hall–Kier alpha value is -4.11. The van der Waals surface area contributed by atoms with E-state index in [0.29, 0.717) is 16.9 Å². The van der Waals surface area contributed by atoms with Gasteiger partial charge in [-0.25, -0.2) is 4.39 Å². The van der Waals surface area contributed by atoms with Gasteiger partial charge in [-0.15, -0.1) is 0 Å². The number of carbonyl (C=O) groups excluding carboxylic acids is 1. The summed E-state index contributed by atoms with van der Waals surface area (Å²) in [5.41, 5.74) is 2.14. The van der Waals surface area contributed by atoms with Gasteiger partial charge in [0.2, 0.25) is 0 Å². The van der Waals surface area contributed by atoms with Crippen molar-refractivity contribution in [2.75, 3.05) is 7.11 Å². The van der Waals surface area contributed by atoms with Crippen molar-refractivity contribution in [2.45, 2.75) is 24.9 Å². The molecule has 0 N–H and O–H groups in total. The molecular formula is C27H24FNO6S. The predicted molar refractivity (Wildman–Crippen MR) is 131 cm³/mol. The second-order valence-corrected chi connectivity index (χ2v) is 9.63. The number of furan rings is 1. The van der Waals surface area contributed by atoms with Crippen LogP contribution in [0.1, 0.15) is 27.2 Å². The number of benzene rings is 3. The summed E-state index contributed by atoms with van der Waals surface area (Å²) in [6.45, 7) is 2.29. The van der Waals surface area contributed by atoms with Crippen molar-refractivity contribution in [3.8, 4) is 11.5 Å². The van der Waals surface area contributed by atoms with E-state index < -0.39 is 15.9 Å². The summed E-state index contributed by atoms with van der Waals surface area (Å²) >= 11 is 0. The molecule has 0 radical (unpaired) electrons. The average molecular weight is 510 g/mol. The summed E-state index contributed by atoms with van der Waals surface area (Å²) in [7, 11) is -2.87. The quantitative estimate of drug-likeness (QED) is 0.283. The number of hydrogen-bond acceptors (Lipinski definition) is 6. The molecule has 0 aliphatic carbocycles. The van der Waals surface area contributed by atoms with Crippen molar-refractivity contribution in [2.24, 2.45) is 0 Å². The van der Waals surface area contributed by atoms with E-state index in [2.05, 4.69) is 0 Å². The van der Waals surface area contributed by atoms with Crippen LogP contribution in [0.15, 0.2) is 94.4 Å². The maximum atomic E-state index is 13.3. The van der Waals surface area contributed by atoms with Crippen LogP contribution in [0.3, 0.4) is 0 Å². The number of ether oxygens (including phenoxy) is 1. The summed E-state index contributed by atoms with van der Waals surface area (Å²) in [5, 5.41) is 0. The van der Waals surface area contributed by atoms with E-state index in [0.717, 1.165) is 29.8 Å². The van der Waals surface area contributed by atoms with E-state index in [-0.39, 0.29) is 35.4 Å². The summed E-state index contributed by atoms with van der Waals surface area (Å²) in [5.74, 6) is -0.0571. The maximum absolute atomic E-state index is 13.3. The second kappa shape index (κ2) is 10.7. The highest BCUT2D eigenvalue weighted by molar-refractivity contribution is 7.87. The van der Waals surface area contributed by atoms with Gasteiger partial charge in [0.05, 0.1) is 19.9 Å². The van der Waals surface area contributed by atoms with Gasteiger partial charge in [-0.3, -0.25) is 4.79 Å². The molecule has 1 aromatic heterocycles. The molecule has 36 heavy (non-hydrogen) atoms. The minimum Gasteiger partial charge on any atom is -0.493 e. The fourth-order valence-electron chi connectivity index (χ4n) is 3.54. The number of carbonyl (C=O) groups is 1. The van der Waals surface area contributed by atoms with Gasteiger partial charge >= 0.3 is 10.1 Å². The van der Waals surface area contributed by atoms with Crippen molar-refractivity contribution in [3.63, 3.8) is 0 Å². The highest BCUT2D eigenvalue weighted by atomic mass is 32.2. The number of nitrogens with zero attached hydrogens (tertiary/aromatic N) is 1. The standard InChI is InChI=1S/C27H24FNO6S/c1-19-5-8-21(9-6-19)27(30)29(18-23-4-3-15-34-23)17-20-7-14-25(33-2)26(16-20)35-36(31,32)24-12-10-22(28)11-13-24/h3-16H,17-18H2,1-2H3. The van der Waals surface area contributed by atoms with Crippen LogP contribution < -0.4 is 8.92 Å². The van der Waals surface area contributed by atoms with Crippen molar-refractivity contribution in [1.29, 1.82) is 0 Å². The van der Waals surface area contributed by atoms with Crippen LogP contribution in [0, 0.1) is 12.7 Å². The summed E-state index contributed by atoms with van der Waals surface area (Å²) in [6.07, 6.45) is 1.53. The minimum atomic E-state index is -4.25. The zero-order valence-corrected chi connectivity index (χ0v) is 20.5. The molecule has 0 saturated heterocycles. The molecule has 4 rings (SSSR count). The first-order valence-corrected chi connectivity index (χ1v) is 12.4. The topological polar surface area (TPSA) is 86.0 Å². The van der Waals surface area contributed by atoms with Gasteiger partial charge in [-0.05, 0) is 73.2 Å². The lowest BCUT2D eigenvalue weighted by molar-refractivity contribution is 0.0717. The van der Waals surface area contributed by atoms with E-state index in [1.165, 1.54) is 19.4 Å². The van der Waals surface area contributed by atoms with Crippen LogP contribution in [0.2, 0.25) is 0 Å². The summed E-state index contributed by atoms with van der Waals surface area (Å²) in [4.78, 5) is 14.7. The largest absolute Gasteiger partial charge is 0.493 e. The number of rotatable bonds is 9. The van der Waals surface area contributed by atoms with Crippen molar-refractivity contribution in [1.82, 2.24) is 4.90 Å². The molecule has 0 spiro atoms. The van der Waals surface area contributed by atoms with E-state index in [9.17, 15) is 17.6 Å². The van der Waals surface area contributed by atoms with Crippen molar-refractivity contribution in [3.05, 3.63) is 113 Å². The smallest absolute Gasteiger partial charge is 0.339 e. The van der Waals surface area contributed by atoms with E-state index in [4.69, 9.17) is 13.3 Å². The molecule has 0 fully saturated rings. The first-order valence-electron chi connectivity index (χ1n) is 11.0. The molecule has 3 aromatic carbocycles. The SMILES string of the molecule is COc1ccc(CN(Cc2ccco2)C(=O)c2ccc(C)cc2)cc1OS(=O)(=O)c1ccc(F)cc1. The molecule has 1 amide bonds. The molecule has 186 valence electrons. The summed E-state index contributed by atoms with van der Waals surface area (Å²) in [6, 6.07) is 19.8. The Labute approximate surface area is 208 Å².